The van der Waals surface area contributed by atoms with Crippen LogP contribution in [0.1, 0.15) is 16.1 Å². The lowest BCUT2D eigenvalue weighted by atomic mass is 10.2. The van der Waals surface area contributed by atoms with Gasteiger partial charge in [-0.3, -0.25) is 4.90 Å². The number of phenolic OH excluding ortho intramolecular Hbond substituents is 1. The van der Waals surface area contributed by atoms with Crippen LogP contribution in [0.15, 0.2) is 30.3 Å². The molecule has 0 saturated heterocycles. The molecular weight excluding hydrogens is 282 g/mol. The minimum Gasteiger partial charge on any atom is -0.507 e. The summed E-state index contributed by atoms with van der Waals surface area (Å²) >= 11 is 1.62. The van der Waals surface area contributed by atoms with Crippen LogP contribution in [0.25, 0.3) is 6.08 Å². The first-order chi connectivity index (χ1) is 10.2. The second-order valence-electron chi connectivity index (χ2n) is 5.18. The number of benzene rings is 1. The number of nitrogens with zero attached hydrogens (tertiary/aromatic N) is 2. The Morgan fingerprint density at radius 2 is 2.10 bits per heavy atom. The molecule has 1 aliphatic rings. The Morgan fingerprint density at radius 1 is 1.29 bits per heavy atom. The normalized spacial score (nSPS) is 16.0. The molecule has 4 nitrogen and oxygen atoms in total. The van der Waals surface area contributed by atoms with Crippen molar-refractivity contribution in [2.24, 2.45) is 0 Å². The molecule has 0 amide bonds. The fourth-order valence-electron chi connectivity index (χ4n) is 2.57. The van der Waals surface area contributed by atoms with Gasteiger partial charge in [0.2, 0.25) is 0 Å². The minimum absolute atomic E-state index is 0.325. The number of nitrogen functional groups attached to an aromatic ring is 1. The van der Waals surface area contributed by atoms with Gasteiger partial charge in [0, 0.05) is 36.5 Å². The van der Waals surface area contributed by atoms with Gasteiger partial charge in [0.15, 0.2) is 5.13 Å². The molecule has 2 aromatic rings. The molecule has 1 aromatic carbocycles. The van der Waals surface area contributed by atoms with Gasteiger partial charge in [-0.25, -0.2) is 4.98 Å². The lowest BCUT2D eigenvalue weighted by Gasteiger charge is -2.17. The van der Waals surface area contributed by atoms with Gasteiger partial charge < -0.3 is 10.8 Å². The van der Waals surface area contributed by atoms with Crippen LogP contribution in [0.2, 0.25) is 0 Å². The average molecular weight is 301 g/mol. The highest BCUT2D eigenvalue weighted by Crippen LogP contribution is 2.24. The molecule has 0 bridgehead atoms. The van der Waals surface area contributed by atoms with Crippen LogP contribution in [0.3, 0.4) is 0 Å². The van der Waals surface area contributed by atoms with E-state index in [9.17, 15) is 5.11 Å². The SMILES string of the molecule is Nc1nc2c(s1)CCN(CC=Cc1ccccc1O)CC2. The predicted octanol–water partition coefficient (Wildman–Crippen LogP) is 2.54. The summed E-state index contributed by atoms with van der Waals surface area (Å²) in [5.74, 6) is 0.325. The molecule has 0 unspecified atom stereocenters. The lowest BCUT2D eigenvalue weighted by Crippen LogP contribution is -2.26. The number of nitrogens with two attached hydrogens (primary N) is 1. The summed E-state index contributed by atoms with van der Waals surface area (Å²) in [5, 5.41) is 10.4. The molecule has 0 spiro atoms. The van der Waals surface area contributed by atoms with Crippen LogP contribution >= 0.6 is 11.3 Å². The van der Waals surface area contributed by atoms with Crippen molar-refractivity contribution in [2.45, 2.75) is 12.8 Å². The van der Waals surface area contributed by atoms with Crippen molar-refractivity contribution in [1.29, 1.82) is 0 Å². The first kappa shape index (κ1) is 14.1. The number of thiazole rings is 1. The molecule has 0 saturated carbocycles. The topological polar surface area (TPSA) is 62.4 Å². The number of anilines is 1. The summed E-state index contributed by atoms with van der Waals surface area (Å²) in [4.78, 5) is 8.14. The Balaban J connectivity index is 1.58. The van der Waals surface area contributed by atoms with Gasteiger partial charge in [-0.1, -0.05) is 30.4 Å². The molecule has 0 aliphatic carbocycles. The van der Waals surface area contributed by atoms with Crippen molar-refractivity contribution < 1.29 is 5.11 Å². The second kappa shape index (κ2) is 6.28. The molecule has 21 heavy (non-hydrogen) atoms. The molecule has 0 atom stereocenters. The maximum atomic E-state index is 9.73. The van der Waals surface area contributed by atoms with E-state index in [1.54, 1.807) is 17.4 Å². The molecule has 2 heterocycles. The van der Waals surface area contributed by atoms with E-state index < -0.39 is 0 Å². The molecular formula is C16H19N3OS. The van der Waals surface area contributed by atoms with Gasteiger partial charge in [-0.2, -0.15) is 0 Å². The number of rotatable bonds is 3. The highest BCUT2D eigenvalue weighted by Gasteiger charge is 2.16. The van der Waals surface area contributed by atoms with Crippen molar-refractivity contribution in [3.63, 3.8) is 0 Å². The Morgan fingerprint density at radius 3 is 2.95 bits per heavy atom. The smallest absolute Gasteiger partial charge is 0.180 e. The number of fused-ring (bicyclic) bond motifs is 1. The van der Waals surface area contributed by atoms with Gasteiger partial charge in [0.25, 0.3) is 0 Å². The molecule has 0 radical (unpaired) electrons. The quantitative estimate of drug-likeness (QED) is 0.914. The third-order valence-corrected chi connectivity index (χ3v) is 4.70. The van der Waals surface area contributed by atoms with Crippen LogP contribution in [-0.2, 0) is 12.8 Å². The molecule has 0 fully saturated rings. The maximum Gasteiger partial charge on any atom is 0.180 e. The van der Waals surface area contributed by atoms with Crippen molar-refractivity contribution >= 4 is 22.5 Å². The Hall–Kier alpha value is -1.85. The van der Waals surface area contributed by atoms with Crippen LogP contribution in [0.4, 0.5) is 5.13 Å². The molecule has 3 rings (SSSR count). The standard InChI is InChI=1S/C16H19N3OS/c17-16-18-13-7-10-19(11-8-15(13)21-16)9-3-5-12-4-1-2-6-14(12)20/h1-6,20H,7-11H2,(H2,17,18). The number of aromatic hydroxyl groups is 1. The van der Waals surface area contributed by atoms with E-state index in [1.165, 1.54) is 10.6 Å². The van der Waals surface area contributed by atoms with Crippen molar-refractivity contribution in [3.05, 3.63) is 46.5 Å². The number of phenols is 1. The maximum absolute atomic E-state index is 9.73. The van der Waals surface area contributed by atoms with E-state index in [4.69, 9.17) is 5.73 Å². The third-order valence-electron chi connectivity index (χ3n) is 3.71. The first-order valence-electron chi connectivity index (χ1n) is 7.13. The van der Waals surface area contributed by atoms with E-state index in [0.717, 1.165) is 38.0 Å². The highest BCUT2D eigenvalue weighted by atomic mass is 32.1. The van der Waals surface area contributed by atoms with Gasteiger partial charge in [-0.05, 0) is 12.5 Å². The Bertz CT molecular complexity index is 625. The zero-order valence-corrected chi connectivity index (χ0v) is 12.6. The number of hydrogen-bond donors (Lipinski definition) is 2. The Kier molecular flexibility index (Phi) is 4.22. The minimum atomic E-state index is 0.325. The lowest BCUT2D eigenvalue weighted by molar-refractivity contribution is 0.318. The molecule has 110 valence electrons. The molecule has 1 aliphatic heterocycles. The van der Waals surface area contributed by atoms with E-state index in [1.807, 2.05) is 24.3 Å². The van der Waals surface area contributed by atoms with Gasteiger partial charge in [-0.15, -0.1) is 11.3 Å². The van der Waals surface area contributed by atoms with Crippen molar-refractivity contribution in [2.75, 3.05) is 25.4 Å². The summed E-state index contributed by atoms with van der Waals surface area (Å²) in [5.41, 5.74) is 7.79. The summed E-state index contributed by atoms with van der Waals surface area (Å²) < 4.78 is 0. The summed E-state index contributed by atoms with van der Waals surface area (Å²) in [7, 11) is 0. The fraction of sp³-hybridized carbons (Fsp3) is 0.312. The predicted molar refractivity (Wildman–Crippen MR) is 87.5 cm³/mol. The van der Waals surface area contributed by atoms with E-state index in [-0.39, 0.29) is 0 Å². The van der Waals surface area contributed by atoms with Crippen LogP contribution < -0.4 is 5.73 Å². The van der Waals surface area contributed by atoms with Crippen molar-refractivity contribution in [1.82, 2.24) is 9.88 Å². The molecule has 3 N–H and O–H groups in total. The molecule has 1 aromatic heterocycles. The second-order valence-corrected chi connectivity index (χ2v) is 6.30. The van der Waals surface area contributed by atoms with Gasteiger partial charge in [0.1, 0.15) is 5.75 Å². The molecule has 5 heteroatoms. The number of para-hydroxylation sites is 1. The van der Waals surface area contributed by atoms with Crippen LogP contribution in [-0.4, -0.2) is 34.6 Å². The van der Waals surface area contributed by atoms with Crippen LogP contribution in [0.5, 0.6) is 5.75 Å². The van der Waals surface area contributed by atoms with Crippen LogP contribution in [0, 0.1) is 0 Å². The van der Waals surface area contributed by atoms with Crippen molar-refractivity contribution in [3.8, 4) is 5.75 Å². The number of aromatic nitrogens is 1. The zero-order chi connectivity index (χ0) is 14.7. The summed E-state index contributed by atoms with van der Waals surface area (Å²) in [6.45, 7) is 2.92. The highest BCUT2D eigenvalue weighted by molar-refractivity contribution is 7.15. The van der Waals surface area contributed by atoms with Gasteiger partial charge in [0.05, 0.1) is 5.69 Å². The monoisotopic (exact) mass is 301 g/mol. The zero-order valence-electron chi connectivity index (χ0n) is 11.8. The first-order valence-corrected chi connectivity index (χ1v) is 7.95. The van der Waals surface area contributed by atoms with Gasteiger partial charge >= 0.3 is 0 Å². The average Bonchev–Trinajstić information content (AvgIpc) is 2.73. The third kappa shape index (κ3) is 3.43. The van der Waals surface area contributed by atoms with E-state index >= 15 is 0 Å². The summed E-state index contributed by atoms with van der Waals surface area (Å²) in [6, 6.07) is 7.39. The number of hydrogen-bond acceptors (Lipinski definition) is 5. The van der Waals surface area contributed by atoms with E-state index in [2.05, 4.69) is 16.0 Å². The fourth-order valence-corrected chi connectivity index (χ4v) is 3.44. The summed E-state index contributed by atoms with van der Waals surface area (Å²) in [6.07, 6.45) is 6.07. The van der Waals surface area contributed by atoms with E-state index in [0.29, 0.717) is 10.9 Å². The largest absolute Gasteiger partial charge is 0.507 e. The Labute approximate surface area is 128 Å².